The Kier molecular flexibility index (Phi) is 3.77. The maximum absolute atomic E-state index is 12.6. The summed E-state index contributed by atoms with van der Waals surface area (Å²) in [6.45, 7) is 1.73. The number of rotatable bonds is 4. The van der Waals surface area contributed by atoms with E-state index in [0.717, 1.165) is 5.56 Å². The lowest BCUT2D eigenvalue weighted by Gasteiger charge is -2.08. The monoisotopic (exact) mass is 214 g/mol. The van der Waals surface area contributed by atoms with Crippen LogP contribution in [0.4, 0.5) is 8.78 Å². The summed E-state index contributed by atoms with van der Waals surface area (Å²) in [7, 11) is 0. The quantitative estimate of drug-likeness (QED) is 0.836. The highest BCUT2D eigenvalue weighted by Crippen LogP contribution is 2.25. The molecule has 0 saturated heterocycles. The predicted molar refractivity (Wildman–Crippen MR) is 52.1 cm³/mol. The highest BCUT2D eigenvalue weighted by atomic mass is 19.3. The van der Waals surface area contributed by atoms with E-state index in [2.05, 4.69) is 0 Å². The number of hydrogen-bond acceptors (Lipinski definition) is 1. The van der Waals surface area contributed by atoms with Gasteiger partial charge in [-0.3, -0.25) is 4.79 Å². The van der Waals surface area contributed by atoms with E-state index in [0.29, 0.717) is 5.56 Å². The molecule has 0 atom stereocenters. The Balaban J connectivity index is 2.90. The number of carboxylic acids is 1. The summed E-state index contributed by atoms with van der Waals surface area (Å²) in [6, 6.07) is 4.69. The molecule has 1 N–H and O–H groups in total. The van der Waals surface area contributed by atoms with Gasteiger partial charge in [0.05, 0.1) is 0 Å². The lowest BCUT2D eigenvalue weighted by Crippen LogP contribution is -2.01. The van der Waals surface area contributed by atoms with Crippen molar-refractivity contribution in [3.63, 3.8) is 0 Å². The average molecular weight is 214 g/mol. The number of alkyl halides is 2. The standard InChI is InChI=1S/C11H12F2O2/c1-7-2-3-8(4-5-10(14)15)9(6-7)11(12)13/h2-3,6,11H,4-5H2,1H3,(H,14,15). The van der Waals surface area contributed by atoms with E-state index in [-0.39, 0.29) is 18.4 Å². The smallest absolute Gasteiger partial charge is 0.303 e. The van der Waals surface area contributed by atoms with Crippen LogP contribution in [0.2, 0.25) is 0 Å². The molecular formula is C11H12F2O2. The molecule has 0 aliphatic carbocycles. The van der Waals surface area contributed by atoms with Crippen molar-refractivity contribution in [2.24, 2.45) is 0 Å². The molecule has 0 spiro atoms. The Labute approximate surface area is 86.5 Å². The summed E-state index contributed by atoms with van der Waals surface area (Å²) >= 11 is 0. The summed E-state index contributed by atoms with van der Waals surface area (Å²) in [5, 5.41) is 8.47. The largest absolute Gasteiger partial charge is 0.481 e. The normalized spacial score (nSPS) is 10.7. The van der Waals surface area contributed by atoms with Crippen LogP contribution in [0.5, 0.6) is 0 Å². The molecule has 0 unspecified atom stereocenters. The van der Waals surface area contributed by atoms with E-state index in [1.807, 2.05) is 0 Å². The minimum Gasteiger partial charge on any atom is -0.481 e. The molecule has 0 fully saturated rings. The zero-order valence-electron chi connectivity index (χ0n) is 8.34. The third-order valence-electron chi connectivity index (χ3n) is 2.14. The highest BCUT2D eigenvalue weighted by molar-refractivity contribution is 5.67. The van der Waals surface area contributed by atoms with Crippen molar-refractivity contribution in [3.05, 3.63) is 34.9 Å². The fourth-order valence-corrected chi connectivity index (χ4v) is 1.39. The van der Waals surface area contributed by atoms with Gasteiger partial charge in [0.15, 0.2) is 0 Å². The third-order valence-corrected chi connectivity index (χ3v) is 2.14. The van der Waals surface area contributed by atoms with Crippen LogP contribution in [0.3, 0.4) is 0 Å². The Bertz CT molecular complexity index is 362. The van der Waals surface area contributed by atoms with E-state index in [1.54, 1.807) is 19.1 Å². The number of carboxylic acid groups (broad SMARTS) is 1. The van der Waals surface area contributed by atoms with Gasteiger partial charge in [-0.2, -0.15) is 0 Å². The zero-order chi connectivity index (χ0) is 11.4. The molecule has 0 bridgehead atoms. The average Bonchev–Trinajstić information content (AvgIpc) is 2.15. The maximum Gasteiger partial charge on any atom is 0.303 e. The molecular weight excluding hydrogens is 202 g/mol. The van der Waals surface area contributed by atoms with Gasteiger partial charge in [-0.25, -0.2) is 8.78 Å². The molecule has 1 aromatic rings. The first-order valence-corrected chi connectivity index (χ1v) is 4.60. The first kappa shape index (κ1) is 11.6. The summed E-state index contributed by atoms with van der Waals surface area (Å²) in [6.07, 6.45) is -2.52. The summed E-state index contributed by atoms with van der Waals surface area (Å²) in [4.78, 5) is 10.3. The molecule has 1 rings (SSSR count). The summed E-state index contributed by atoms with van der Waals surface area (Å²) < 4.78 is 25.2. The Morgan fingerprint density at radius 1 is 1.47 bits per heavy atom. The predicted octanol–water partition coefficient (Wildman–Crippen LogP) is 2.95. The SMILES string of the molecule is Cc1ccc(CCC(=O)O)c(C(F)F)c1. The molecule has 82 valence electrons. The lowest BCUT2D eigenvalue weighted by molar-refractivity contribution is -0.136. The van der Waals surface area contributed by atoms with Gasteiger partial charge in [0.1, 0.15) is 0 Å². The Morgan fingerprint density at radius 3 is 2.67 bits per heavy atom. The van der Waals surface area contributed by atoms with Crippen LogP contribution in [0, 0.1) is 6.92 Å². The minimum atomic E-state index is -2.55. The molecule has 0 saturated carbocycles. The first-order valence-electron chi connectivity index (χ1n) is 4.60. The number of hydrogen-bond donors (Lipinski definition) is 1. The number of benzene rings is 1. The van der Waals surface area contributed by atoms with E-state index >= 15 is 0 Å². The van der Waals surface area contributed by atoms with Gasteiger partial charge in [-0.1, -0.05) is 23.8 Å². The van der Waals surface area contributed by atoms with E-state index in [1.165, 1.54) is 6.07 Å². The van der Waals surface area contributed by atoms with E-state index in [9.17, 15) is 13.6 Å². The Hall–Kier alpha value is -1.45. The van der Waals surface area contributed by atoms with Gasteiger partial charge in [0.25, 0.3) is 6.43 Å². The Morgan fingerprint density at radius 2 is 2.13 bits per heavy atom. The van der Waals surface area contributed by atoms with Crippen molar-refractivity contribution in [1.29, 1.82) is 0 Å². The van der Waals surface area contributed by atoms with Crippen molar-refractivity contribution >= 4 is 5.97 Å². The summed E-state index contributed by atoms with van der Waals surface area (Å²) in [5.41, 5.74) is 1.11. The molecule has 0 aromatic heterocycles. The van der Waals surface area contributed by atoms with Gasteiger partial charge >= 0.3 is 5.97 Å². The number of carbonyl (C=O) groups is 1. The fourth-order valence-electron chi connectivity index (χ4n) is 1.39. The second-order valence-electron chi connectivity index (χ2n) is 3.40. The number of aliphatic carboxylic acids is 1. The molecule has 2 nitrogen and oxygen atoms in total. The lowest BCUT2D eigenvalue weighted by atomic mass is 10.0. The van der Waals surface area contributed by atoms with Crippen molar-refractivity contribution in [3.8, 4) is 0 Å². The van der Waals surface area contributed by atoms with Crippen molar-refractivity contribution in [1.82, 2.24) is 0 Å². The molecule has 0 aliphatic heterocycles. The van der Waals surface area contributed by atoms with Crippen LogP contribution in [-0.4, -0.2) is 11.1 Å². The first-order chi connectivity index (χ1) is 7.00. The topological polar surface area (TPSA) is 37.3 Å². The van der Waals surface area contributed by atoms with Crippen LogP contribution >= 0.6 is 0 Å². The molecule has 1 aromatic carbocycles. The summed E-state index contributed by atoms with van der Waals surface area (Å²) in [5.74, 6) is -0.976. The van der Waals surface area contributed by atoms with Gasteiger partial charge in [-0.15, -0.1) is 0 Å². The molecule has 15 heavy (non-hydrogen) atoms. The van der Waals surface area contributed by atoms with Crippen LogP contribution in [0.15, 0.2) is 18.2 Å². The van der Waals surface area contributed by atoms with Crippen molar-refractivity contribution in [2.75, 3.05) is 0 Å². The van der Waals surface area contributed by atoms with Crippen LogP contribution in [0.1, 0.15) is 29.5 Å². The van der Waals surface area contributed by atoms with Crippen molar-refractivity contribution < 1.29 is 18.7 Å². The van der Waals surface area contributed by atoms with E-state index in [4.69, 9.17) is 5.11 Å². The second-order valence-corrected chi connectivity index (χ2v) is 3.40. The van der Waals surface area contributed by atoms with Gasteiger partial charge < -0.3 is 5.11 Å². The highest BCUT2D eigenvalue weighted by Gasteiger charge is 2.13. The fraction of sp³-hybridized carbons (Fsp3) is 0.364. The molecule has 4 heteroatoms. The zero-order valence-corrected chi connectivity index (χ0v) is 8.34. The second kappa shape index (κ2) is 4.87. The molecule has 0 aliphatic rings. The maximum atomic E-state index is 12.6. The molecule has 0 amide bonds. The minimum absolute atomic E-state index is 0.0590. The van der Waals surface area contributed by atoms with Crippen LogP contribution < -0.4 is 0 Å². The third kappa shape index (κ3) is 3.31. The van der Waals surface area contributed by atoms with E-state index < -0.39 is 12.4 Å². The number of aryl methyl sites for hydroxylation is 2. The van der Waals surface area contributed by atoms with Crippen molar-refractivity contribution in [2.45, 2.75) is 26.2 Å². The number of halogens is 2. The van der Waals surface area contributed by atoms with Gasteiger partial charge in [0, 0.05) is 12.0 Å². The molecule has 0 radical (unpaired) electrons. The van der Waals surface area contributed by atoms with Gasteiger partial charge in [-0.05, 0) is 18.9 Å². The van der Waals surface area contributed by atoms with Gasteiger partial charge in [0.2, 0.25) is 0 Å². The molecule has 0 heterocycles. The van der Waals surface area contributed by atoms with Crippen LogP contribution in [-0.2, 0) is 11.2 Å². The van der Waals surface area contributed by atoms with Crippen LogP contribution in [0.25, 0.3) is 0 Å².